The van der Waals surface area contributed by atoms with E-state index in [1.807, 2.05) is 33.0 Å². The van der Waals surface area contributed by atoms with Crippen LogP contribution in [-0.4, -0.2) is 21.9 Å². The summed E-state index contributed by atoms with van der Waals surface area (Å²) in [4.78, 5) is 17.0. The number of hydrogen-bond acceptors (Lipinski definition) is 5. The second-order valence-corrected chi connectivity index (χ2v) is 6.88. The number of rotatable bonds is 4. The number of aliphatic imine (C=N–C) groups is 1. The van der Waals surface area contributed by atoms with Crippen molar-refractivity contribution in [2.45, 2.75) is 33.0 Å². The topological polar surface area (TPSA) is 84.5 Å². The Morgan fingerprint density at radius 2 is 2.25 bits per heavy atom. The van der Waals surface area contributed by atoms with Crippen molar-refractivity contribution in [3.8, 4) is 0 Å². The quantitative estimate of drug-likeness (QED) is 0.902. The van der Waals surface area contributed by atoms with Crippen LogP contribution >= 0.6 is 0 Å². The Morgan fingerprint density at radius 3 is 2.88 bits per heavy atom. The molecular formula is C17H21N5O2. The molecule has 24 heavy (non-hydrogen) atoms. The first-order chi connectivity index (χ1) is 11.4. The van der Waals surface area contributed by atoms with Gasteiger partial charge in [-0.2, -0.15) is 5.10 Å². The van der Waals surface area contributed by atoms with Gasteiger partial charge in [-0.05, 0) is 29.7 Å². The van der Waals surface area contributed by atoms with Crippen molar-refractivity contribution in [1.82, 2.24) is 20.4 Å². The van der Waals surface area contributed by atoms with Gasteiger partial charge in [0.25, 0.3) is 5.79 Å². The Morgan fingerprint density at radius 1 is 1.42 bits per heavy atom. The molecule has 1 amide bonds. The number of aromatic nitrogens is 2. The molecule has 0 fully saturated rings. The van der Waals surface area contributed by atoms with E-state index >= 15 is 0 Å². The Balaban J connectivity index is 1.90. The predicted molar refractivity (Wildman–Crippen MR) is 90.7 cm³/mol. The molecule has 0 bridgehead atoms. The van der Waals surface area contributed by atoms with Gasteiger partial charge in [0.2, 0.25) is 5.91 Å². The maximum absolute atomic E-state index is 12.5. The number of nitrogens with zero attached hydrogens (tertiary/aromatic N) is 3. The molecule has 0 radical (unpaired) electrons. The van der Waals surface area contributed by atoms with Gasteiger partial charge < -0.3 is 15.1 Å². The fraction of sp³-hybridized carbons (Fsp3) is 0.353. The van der Waals surface area contributed by atoms with Crippen molar-refractivity contribution in [2.75, 3.05) is 0 Å². The number of nitrogens with one attached hydrogen (secondary N) is 2. The third kappa shape index (κ3) is 3.40. The third-order valence-electron chi connectivity index (χ3n) is 3.45. The Hall–Kier alpha value is -2.83. The van der Waals surface area contributed by atoms with E-state index in [0.29, 0.717) is 18.0 Å². The lowest BCUT2D eigenvalue weighted by Crippen LogP contribution is -2.56. The molecule has 2 aromatic heterocycles. The lowest BCUT2D eigenvalue weighted by molar-refractivity contribution is -0.125. The van der Waals surface area contributed by atoms with Crippen molar-refractivity contribution < 1.29 is 9.21 Å². The van der Waals surface area contributed by atoms with Crippen LogP contribution in [0.3, 0.4) is 0 Å². The lowest BCUT2D eigenvalue weighted by Gasteiger charge is -2.34. The Labute approximate surface area is 140 Å². The largest absolute Gasteiger partial charge is 0.463 e. The molecule has 7 nitrogen and oxygen atoms in total. The van der Waals surface area contributed by atoms with Gasteiger partial charge in [-0.1, -0.05) is 20.8 Å². The molecule has 1 atom stereocenters. The smallest absolute Gasteiger partial charge is 0.269 e. The van der Waals surface area contributed by atoms with E-state index in [1.54, 1.807) is 41.6 Å². The lowest BCUT2D eigenvalue weighted by atomic mass is 9.92. The van der Waals surface area contributed by atoms with Crippen molar-refractivity contribution in [3.05, 3.63) is 48.7 Å². The summed E-state index contributed by atoms with van der Waals surface area (Å²) in [6, 6.07) is 5.35. The maximum atomic E-state index is 12.5. The van der Waals surface area contributed by atoms with Crippen LogP contribution < -0.4 is 10.6 Å². The molecule has 2 aromatic rings. The first kappa shape index (κ1) is 16.0. The maximum Gasteiger partial charge on any atom is 0.269 e. The first-order valence-electron chi connectivity index (χ1n) is 7.77. The monoisotopic (exact) mass is 327 g/mol. The highest BCUT2D eigenvalue weighted by molar-refractivity contribution is 5.83. The highest BCUT2D eigenvalue weighted by Crippen LogP contribution is 2.26. The minimum absolute atomic E-state index is 0.120. The van der Waals surface area contributed by atoms with E-state index < -0.39 is 5.79 Å². The van der Waals surface area contributed by atoms with Crippen LogP contribution in [0.5, 0.6) is 0 Å². The van der Waals surface area contributed by atoms with Gasteiger partial charge in [0.1, 0.15) is 5.82 Å². The average Bonchev–Trinajstić information content (AvgIpc) is 3.19. The molecule has 0 saturated carbocycles. The molecular weight excluding hydrogens is 306 g/mol. The van der Waals surface area contributed by atoms with Gasteiger partial charge in [-0.3, -0.25) is 4.79 Å². The molecule has 126 valence electrons. The Kier molecular flexibility index (Phi) is 4.01. The summed E-state index contributed by atoms with van der Waals surface area (Å²) in [7, 11) is 0. The van der Waals surface area contributed by atoms with Crippen LogP contribution in [0.25, 0.3) is 5.82 Å². The van der Waals surface area contributed by atoms with E-state index in [9.17, 15) is 4.79 Å². The van der Waals surface area contributed by atoms with E-state index in [0.717, 1.165) is 0 Å². The highest BCUT2D eigenvalue weighted by atomic mass is 16.3. The third-order valence-corrected chi connectivity index (χ3v) is 3.45. The van der Waals surface area contributed by atoms with Crippen LogP contribution in [0.2, 0.25) is 0 Å². The van der Waals surface area contributed by atoms with Crippen molar-refractivity contribution >= 4 is 17.9 Å². The molecule has 3 rings (SSSR count). The van der Waals surface area contributed by atoms with Gasteiger partial charge in [0, 0.05) is 25.0 Å². The second-order valence-electron chi connectivity index (χ2n) is 6.88. The van der Waals surface area contributed by atoms with Crippen LogP contribution in [0, 0.1) is 5.41 Å². The summed E-state index contributed by atoms with van der Waals surface area (Å²) in [5.74, 6) is -0.131. The summed E-state index contributed by atoms with van der Waals surface area (Å²) in [5, 5.41) is 10.4. The molecule has 2 N–H and O–H groups in total. The number of furan rings is 1. The Bertz CT molecular complexity index is 754. The van der Waals surface area contributed by atoms with Crippen LogP contribution in [0.4, 0.5) is 0 Å². The van der Waals surface area contributed by atoms with Crippen molar-refractivity contribution in [1.29, 1.82) is 0 Å². The van der Waals surface area contributed by atoms with Gasteiger partial charge in [-0.25, -0.2) is 9.67 Å². The van der Waals surface area contributed by atoms with E-state index in [1.165, 1.54) is 0 Å². The van der Waals surface area contributed by atoms with Gasteiger partial charge in [0.05, 0.1) is 6.26 Å². The molecule has 1 unspecified atom stereocenters. The average molecular weight is 327 g/mol. The predicted octanol–water partition coefficient (Wildman–Crippen LogP) is 2.31. The molecule has 3 heterocycles. The van der Waals surface area contributed by atoms with Gasteiger partial charge in [-0.15, -0.1) is 0 Å². The molecule has 1 aliphatic heterocycles. The second kappa shape index (κ2) is 5.99. The normalized spacial score (nSPS) is 20.4. The number of amides is 1. The zero-order valence-electron chi connectivity index (χ0n) is 14.0. The van der Waals surface area contributed by atoms with E-state index in [2.05, 4.69) is 20.7 Å². The van der Waals surface area contributed by atoms with Crippen LogP contribution in [-0.2, 0) is 10.6 Å². The molecule has 0 spiro atoms. The van der Waals surface area contributed by atoms with Gasteiger partial charge >= 0.3 is 0 Å². The minimum Gasteiger partial charge on any atom is -0.463 e. The summed E-state index contributed by atoms with van der Waals surface area (Å²) in [6.45, 7) is 6.04. The van der Waals surface area contributed by atoms with Gasteiger partial charge in [0.15, 0.2) is 5.76 Å². The van der Waals surface area contributed by atoms with Crippen LogP contribution in [0.1, 0.15) is 33.0 Å². The summed E-state index contributed by atoms with van der Waals surface area (Å²) >= 11 is 0. The molecule has 0 aromatic carbocycles. The first-order valence-corrected chi connectivity index (χ1v) is 7.77. The SMILES string of the molecule is CC(C)(C)CC(=O)NC1(c2ccco2)N=CC=C(n2cccn2)N1. The van der Waals surface area contributed by atoms with Crippen molar-refractivity contribution in [2.24, 2.45) is 10.4 Å². The summed E-state index contributed by atoms with van der Waals surface area (Å²) < 4.78 is 7.19. The fourth-order valence-corrected chi connectivity index (χ4v) is 2.49. The van der Waals surface area contributed by atoms with E-state index in [-0.39, 0.29) is 11.3 Å². The number of carbonyl (C=O) groups is 1. The number of allylic oxidation sites excluding steroid dienone is 1. The summed E-state index contributed by atoms with van der Waals surface area (Å²) in [5.41, 5.74) is -0.131. The molecule has 1 aliphatic rings. The van der Waals surface area contributed by atoms with Crippen molar-refractivity contribution in [3.63, 3.8) is 0 Å². The fourth-order valence-electron chi connectivity index (χ4n) is 2.49. The number of hydrogen-bond donors (Lipinski definition) is 2. The van der Waals surface area contributed by atoms with E-state index in [4.69, 9.17) is 4.42 Å². The zero-order valence-corrected chi connectivity index (χ0v) is 14.0. The number of carbonyl (C=O) groups excluding carboxylic acids is 1. The molecule has 7 heteroatoms. The molecule has 0 aliphatic carbocycles. The minimum atomic E-state index is -1.19. The van der Waals surface area contributed by atoms with Crippen LogP contribution in [0.15, 0.2) is 52.3 Å². The highest BCUT2D eigenvalue weighted by Gasteiger charge is 2.39. The zero-order chi connectivity index (χ0) is 17.2. The summed E-state index contributed by atoms with van der Waals surface area (Å²) in [6.07, 6.45) is 8.82. The molecule has 0 saturated heterocycles. The standard InChI is InChI=1S/C17H21N5O2/c1-16(2,3)12-15(23)21-17(13-6-4-11-24-13)18-9-7-14(20-17)22-10-5-8-19-22/h4-11,20H,12H2,1-3H3,(H,21,23).